The van der Waals surface area contributed by atoms with Crippen LogP contribution >= 0.6 is 15.9 Å². The first-order chi connectivity index (χ1) is 14.3. The zero-order chi connectivity index (χ0) is 21.6. The molecule has 0 saturated heterocycles. The molecule has 1 heterocycles. The minimum atomic E-state index is -0.584. The summed E-state index contributed by atoms with van der Waals surface area (Å²) in [4.78, 5) is 38.5. The molecule has 1 N–H and O–H groups in total. The molecule has 1 aliphatic heterocycles. The van der Waals surface area contributed by atoms with Crippen LogP contribution in [0.2, 0.25) is 0 Å². The van der Waals surface area contributed by atoms with Crippen molar-refractivity contribution in [2.45, 2.75) is 13.3 Å². The largest absolute Gasteiger partial charge is 0.396 e. The Balaban J connectivity index is 2.06. The first-order valence-corrected chi connectivity index (χ1v) is 10.1. The number of benzene rings is 3. The summed E-state index contributed by atoms with van der Waals surface area (Å²) in [5.74, 6) is -1.04. The highest BCUT2D eigenvalue weighted by Crippen LogP contribution is 2.43. The molecule has 0 saturated carbocycles. The number of halogens is 1. The number of aliphatic hydroxyl groups excluding tert-OH is 1. The first kappa shape index (κ1) is 20.2. The van der Waals surface area contributed by atoms with E-state index in [0.717, 1.165) is 14.9 Å². The Morgan fingerprint density at radius 3 is 2.50 bits per heavy atom. The molecule has 1 aliphatic rings. The molecule has 0 bridgehead atoms. The lowest BCUT2D eigenvalue weighted by Crippen LogP contribution is -2.41. The molecule has 3 aromatic rings. The third-order valence-electron chi connectivity index (χ3n) is 5.27. The van der Waals surface area contributed by atoms with Gasteiger partial charge in [0.05, 0.1) is 16.1 Å². The predicted octanol–water partition coefficient (Wildman–Crippen LogP) is 4.46. The molecule has 0 radical (unpaired) electrons. The Kier molecular flexibility index (Phi) is 5.13. The van der Waals surface area contributed by atoms with Crippen LogP contribution in [0, 0.1) is 17.0 Å². The minimum Gasteiger partial charge on any atom is -0.396 e. The maximum Gasteiger partial charge on any atom is 0.278 e. The Labute approximate surface area is 180 Å². The van der Waals surface area contributed by atoms with Gasteiger partial charge in [-0.25, -0.2) is 0 Å². The molecule has 0 atom stereocenters. The fourth-order valence-corrected chi connectivity index (χ4v) is 4.13. The highest BCUT2D eigenvalue weighted by atomic mass is 79.9. The summed E-state index contributed by atoms with van der Waals surface area (Å²) in [6, 6.07) is 11.7. The number of carbonyl (C=O) groups is 2. The van der Waals surface area contributed by atoms with Crippen LogP contribution in [0.25, 0.3) is 21.9 Å². The van der Waals surface area contributed by atoms with E-state index in [1.165, 1.54) is 6.07 Å². The normalized spacial score (nSPS) is 13.2. The maximum absolute atomic E-state index is 13.0. The summed E-state index contributed by atoms with van der Waals surface area (Å²) in [5, 5.41) is 22.0. The lowest BCUT2D eigenvalue weighted by Gasteiger charge is -2.27. The fraction of sp³-hybridized carbons (Fsp3) is 0.182. The topological polar surface area (TPSA) is 101 Å². The van der Waals surface area contributed by atoms with Gasteiger partial charge >= 0.3 is 0 Å². The third kappa shape index (κ3) is 3.09. The van der Waals surface area contributed by atoms with Gasteiger partial charge < -0.3 is 5.11 Å². The van der Waals surface area contributed by atoms with Crippen LogP contribution in [0.4, 0.5) is 5.69 Å². The second-order valence-electron chi connectivity index (χ2n) is 7.11. The molecule has 30 heavy (non-hydrogen) atoms. The van der Waals surface area contributed by atoms with Crippen molar-refractivity contribution < 1.29 is 19.6 Å². The van der Waals surface area contributed by atoms with Crippen molar-refractivity contribution in [1.29, 1.82) is 0 Å². The van der Waals surface area contributed by atoms with Gasteiger partial charge in [-0.15, -0.1) is 0 Å². The molecule has 0 aromatic heterocycles. The molecular weight excluding hydrogens is 452 g/mol. The lowest BCUT2D eigenvalue weighted by atomic mass is 9.87. The van der Waals surface area contributed by atoms with Gasteiger partial charge in [0.1, 0.15) is 0 Å². The summed E-state index contributed by atoms with van der Waals surface area (Å²) in [6.07, 6.45) is 0.237. The number of amides is 2. The standard InChI is InChI=1S/C22H17BrN2O5/c1-12-10-13(6-7-17(12)23)19-14-4-2-5-15-20(14)16(11-18(19)25(29)30)22(28)24(21(15)27)8-3-9-26/h2,4-7,10-11,26H,3,8-9H2,1H3. The van der Waals surface area contributed by atoms with Gasteiger partial charge in [-0.05, 0) is 42.0 Å². The molecule has 0 spiro atoms. The lowest BCUT2D eigenvalue weighted by molar-refractivity contribution is -0.384. The summed E-state index contributed by atoms with van der Waals surface area (Å²) in [6.45, 7) is 1.76. The number of rotatable bonds is 5. The fourth-order valence-electron chi connectivity index (χ4n) is 3.88. The van der Waals surface area contributed by atoms with Crippen molar-refractivity contribution in [3.05, 3.63) is 73.7 Å². The molecule has 0 aliphatic carbocycles. The van der Waals surface area contributed by atoms with Gasteiger partial charge in [-0.3, -0.25) is 24.6 Å². The molecule has 152 valence electrons. The van der Waals surface area contributed by atoms with Crippen molar-refractivity contribution >= 4 is 44.2 Å². The Morgan fingerprint density at radius 1 is 1.10 bits per heavy atom. The van der Waals surface area contributed by atoms with Gasteiger partial charge in [0.25, 0.3) is 17.5 Å². The molecule has 2 amide bonds. The Morgan fingerprint density at radius 2 is 1.83 bits per heavy atom. The quantitative estimate of drug-likeness (QED) is 0.338. The van der Waals surface area contributed by atoms with E-state index < -0.39 is 16.7 Å². The third-order valence-corrected chi connectivity index (χ3v) is 6.16. The number of aliphatic hydroxyl groups is 1. The average molecular weight is 469 g/mol. The number of nitro groups is 1. The van der Waals surface area contributed by atoms with Crippen LogP contribution in [0.15, 0.2) is 46.9 Å². The van der Waals surface area contributed by atoms with Crippen LogP contribution < -0.4 is 0 Å². The van der Waals surface area contributed by atoms with E-state index in [-0.39, 0.29) is 30.8 Å². The number of imide groups is 1. The smallest absolute Gasteiger partial charge is 0.278 e. The molecule has 0 fully saturated rings. The zero-order valence-corrected chi connectivity index (χ0v) is 17.6. The van der Waals surface area contributed by atoms with Crippen molar-refractivity contribution in [3.8, 4) is 11.1 Å². The van der Waals surface area contributed by atoms with Gasteiger partial charge in [0.15, 0.2) is 0 Å². The summed E-state index contributed by atoms with van der Waals surface area (Å²) in [5.41, 5.74) is 2.17. The summed E-state index contributed by atoms with van der Waals surface area (Å²) < 4.78 is 0.876. The van der Waals surface area contributed by atoms with Crippen molar-refractivity contribution in [1.82, 2.24) is 4.90 Å². The van der Waals surface area contributed by atoms with Gasteiger partial charge in [0.2, 0.25) is 0 Å². The second kappa shape index (κ2) is 7.62. The van der Waals surface area contributed by atoms with E-state index in [0.29, 0.717) is 27.5 Å². The highest BCUT2D eigenvalue weighted by Gasteiger charge is 2.36. The molecule has 8 heteroatoms. The van der Waals surface area contributed by atoms with Crippen LogP contribution in [-0.2, 0) is 0 Å². The van der Waals surface area contributed by atoms with Crippen molar-refractivity contribution in [2.75, 3.05) is 13.2 Å². The predicted molar refractivity (Wildman–Crippen MR) is 116 cm³/mol. The van der Waals surface area contributed by atoms with E-state index in [1.807, 2.05) is 19.1 Å². The number of carbonyl (C=O) groups excluding carboxylic acids is 2. The second-order valence-corrected chi connectivity index (χ2v) is 7.96. The summed E-state index contributed by atoms with van der Waals surface area (Å²) in [7, 11) is 0. The van der Waals surface area contributed by atoms with Crippen LogP contribution in [-0.4, -0.2) is 39.9 Å². The number of nitrogens with zero attached hydrogens (tertiary/aromatic N) is 2. The van der Waals surface area contributed by atoms with Crippen molar-refractivity contribution in [3.63, 3.8) is 0 Å². The van der Waals surface area contributed by atoms with E-state index >= 15 is 0 Å². The molecule has 3 aromatic carbocycles. The number of hydrogen-bond donors (Lipinski definition) is 1. The number of hydrogen-bond acceptors (Lipinski definition) is 5. The maximum atomic E-state index is 13.0. The Hall–Kier alpha value is -3.10. The van der Waals surface area contributed by atoms with Crippen LogP contribution in [0.3, 0.4) is 0 Å². The van der Waals surface area contributed by atoms with E-state index in [1.54, 1.807) is 24.3 Å². The average Bonchev–Trinajstić information content (AvgIpc) is 2.73. The Bertz CT molecular complexity index is 1240. The summed E-state index contributed by atoms with van der Waals surface area (Å²) >= 11 is 3.44. The van der Waals surface area contributed by atoms with Gasteiger partial charge in [0, 0.05) is 34.6 Å². The van der Waals surface area contributed by atoms with E-state index in [9.17, 15) is 19.7 Å². The van der Waals surface area contributed by atoms with Crippen molar-refractivity contribution in [2.24, 2.45) is 0 Å². The highest BCUT2D eigenvalue weighted by molar-refractivity contribution is 9.10. The zero-order valence-electron chi connectivity index (χ0n) is 16.0. The molecule has 0 unspecified atom stereocenters. The first-order valence-electron chi connectivity index (χ1n) is 9.33. The van der Waals surface area contributed by atoms with Crippen LogP contribution in [0.1, 0.15) is 32.7 Å². The van der Waals surface area contributed by atoms with E-state index in [4.69, 9.17) is 5.11 Å². The molecular formula is C22H17BrN2O5. The molecule has 4 rings (SSSR count). The van der Waals surface area contributed by atoms with Gasteiger partial charge in [-0.2, -0.15) is 0 Å². The number of aryl methyl sites for hydroxylation is 1. The number of nitro benzene ring substituents is 1. The van der Waals surface area contributed by atoms with Crippen LogP contribution in [0.5, 0.6) is 0 Å². The van der Waals surface area contributed by atoms with E-state index in [2.05, 4.69) is 15.9 Å². The SMILES string of the molecule is Cc1cc(-c2c([N+](=O)[O-])cc3c4c(cccc24)C(=O)N(CCCO)C3=O)ccc1Br. The molecule has 7 nitrogen and oxygen atoms in total. The van der Waals surface area contributed by atoms with Gasteiger partial charge in [-0.1, -0.05) is 40.2 Å². The monoisotopic (exact) mass is 468 g/mol. The minimum absolute atomic E-state index is 0.0471.